The Labute approximate surface area is 200 Å². The number of hydrogen-bond acceptors (Lipinski definition) is 7. The second kappa shape index (κ2) is 10.2. The molecule has 0 aliphatic carbocycles. The normalized spacial score (nSPS) is 15.5. The summed E-state index contributed by atoms with van der Waals surface area (Å²) in [6.07, 6.45) is -4.07. The minimum absolute atomic E-state index is 0.0104. The van der Waals surface area contributed by atoms with Gasteiger partial charge in [-0.15, -0.1) is 0 Å². The van der Waals surface area contributed by atoms with Gasteiger partial charge >= 0.3 is 6.18 Å². The van der Waals surface area contributed by atoms with Crippen molar-refractivity contribution in [3.63, 3.8) is 0 Å². The molecule has 2 N–H and O–H groups in total. The molecule has 3 rings (SSSR count). The Morgan fingerprint density at radius 3 is 2.26 bits per heavy atom. The monoisotopic (exact) mass is 515 g/mol. The summed E-state index contributed by atoms with van der Waals surface area (Å²) in [7, 11) is -0.989. The minimum atomic E-state index is -4.46. The van der Waals surface area contributed by atoms with E-state index in [4.69, 9.17) is 9.94 Å². The van der Waals surface area contributed by atoms with Crippen LogP contribution >= 0.6 is 0 Å². The third-order valence-electron chi connectivity index (χ3n) is 5.59. The zero-order valence-corrected chi connectivity index (χ0v) is 19.7. The lowest BCUT2D eigenvalue weighted by Gasteiger charge is -2.32. The highest BCUT2D eigenvalue weighted by molar-refractivity contribution is 7.89. The molecule has 1 aliphatic rings. The number of anilines is 1. The molecule has 0 unspecified atom stereocenters. The number of sulfonamides is 1. The Balaban J connectivity index is 1.81. The van der Waals surface area contributed by atoms with Gasteiger partial charge in [-0.2, -0.15) is 17.5 Å². The molecule has 9 nitrogen and oxygen atoms in total. The van der Waals surface area contributed by atoms with E-state index >= 15 is 0 Å². The number of carbonyl (C=O) groups is 2. The zero-order chi connectivity index (χ0) is 26.0. The molecule has 2 aromatic carbocycles. The van der Waals surface area contributed by atoms with E-state index in [2.05, 4.69) is 0 Å². The number of piperidine rings is 1. The first-order valence-corrected chi connectivity index (χ1v) is 11.9. The van der Waals surface area contributed by atoms with Crippen LogP contribution in [0.2, 0.25) is 0 Å². The summed E-state index contributed by atoms with van der Waals surface area (Å²) >= 11 is 0. The number of hydroxylamine groups is 1. The van der Waals surface area contributed by atoms with E-state index in [9.17, 15) is 31.2 Å². The standard InChI is InChI=1S/C22H24F3N3O6S/c1-27(2)16-11-14(13-29)20(21(30)26-31)19(12-16)35(32,33)28-9-7-18(8-10-28)34-17-5-3-15(4-6-17)22(23,24)25/h3-6,11-13,18,31H,7-10H2,1-2H3,(H,26,30). The number of ether oxygens (including phenoxy) is 1. The highest BCUT2D eigenvalue weighted by atomic mass is 32.2. The van der Waals surface area contributed by atoms with Gasteiger partial charge in [-0.3, -0.25) is 14.8 Å². The maximum atomic E-state index is 13.5. The molecule has 1 saturated heterocycles. The Kier molecular flexibility index (Phi) is 7.72. The van der Waals surface area contributed by atoms with Crippen LogP contribution in [0.5, 0.6) is 5.75 Å². The second-order valence-corrected chi connectivity index (χ2v) is 10.0. The number of nitrogens with one attached hydrogen (secondary N) is 1. The van der Waals surface area contributed by atoms with E-state index in [1.807, 2.05) is 0 Å². The Morgan fingerprint density at radius 1 is 1.17 bits per heavy atom. The van der Waals surface area contributed by atoms with Gasteiger partial charge in [-0.25, -0.2) is 13.9 Å². The molecule has 0 radical (unpaired) electrons. The van der Waals surface area contributed by atoms with Gasteiger partial charge in [0.1, 0.15) is 11.9 Å². The molecule has 0 aromatic heterocycles. The number of carbonyl (C=O) groups excluding carboxylic acids is 2. The first-order chi connectivity index (χ1) is 16.4. The number of rotatable bonds is 7. The lowest BCUT2D eigenvalue weighted by molar-refractivity contribution is -0.137. The van der Waals surface area contributed by atoms with Crippen LogP contribution in [-0.2, 0) is 16.2 Å². The van der Waals surface area contributed by atoms with Crippen molar-refractivity contribution in [1.82, 2.24) is 9.79 Å². The topological polar surface area (TPSA) is 116 Å². The molecule has 1 heterocycles. The second-order valence-electron chi connectivity index (χ2n) is 8.10. The van der Waals surface area contributed by atoms with Crippen molar-refractivity contribution in [3.8, 4) is 5.75 Å². The molecule has 1 aliphatic heterocycles. The molecular weight excluding hydrogens is 491 g/mol. The summed E-state index contributed by atoms with van der Waals surface area (Å²) in [5.74, 6) is -0.910. The van der Waals surface area contributed by atoms with Crippen molar-refractivity contribution in [2.24, 2.45) is 0 Å². The van der Waals surface area contributed by atoms with E-state index in [1.54, 1.807) is 19.0 Å². The predicted molar refractivity (Wildman–Crippen MR) is 119 cm³/mol. The molecule has 1 amide bonds. The fourth-order valence-electron chi connectivity index (χ4n) is 3.72. The van der Waals surface area contributed by atoms with Crippen LogP contribution in [0.4, 0.5) is 18.9 Å². The number of benzene rings is 2. The molecule has 1 fully saturated rings. The molecule has 2 aromatic rings. The molecular formula is C22H24F3N3O6S. The number of hydrogen-bond donors (Lipinski definition) is 2. The summed E-state index contributed by atoms with van der Waals surface area (Å²) in [5.41, 5.74) is 0.260. The first kappa shape index (κ1) is 26.4. The van der Waals surface area contributed by atoms with Gasteiger partial charge in [0, 0.05) is 38.4 Å². The molecule has 13 heteroatoms. The molecule has 190 valence electrons. The zero-order valence-electron chi connectivity index (χ0n) is 18.9. The summed E-state index contributed by atoms with van der Waals surface area (Å²) in [5, 5.41) is 9.11. The van der Waals surface area contributed by atoms with Crippen molar-refractivity contribution in [1.29, 1.82) is 0 Å². The van der Waals surface area contributed by atoms with E-state index < -0.39 is 44.2 Å². The molecule has 0 saturated carbocycles. The van der Waals surface area contributed by atoms with Crippen LogP contribution in [0.25, 0.3) is 0 Å². The minimum Gasteiger partial charge on any atom is -0.490 e. The van der Waals surface area contributed by atoms with Crippen molar-refractivity contribution in [2.75, 3.05) is 32.1 Å². The number of alkyl halides is 3. The highest BCUT2D eigenvalue weighted by Gasteiger charge is 2.35. The van der Waals surface area contributed by atoms with Crippen LogP contribution in [-0.4, -0.2) is 63.4 Å². The molecule has 0 atom stereocenters. The highest BCUT2D eigenvalue weighted by Crippen LogP contribution is 2.32. The largest absolute Gasteiger partial charge is 0.490 e. The van der Waals surface area contributed by atoms with Crippen molar-refractivity contribution >= 4 is 27.9 Å². The van der Waals surface area contributed by atoms with E-state index in [0.29, 0.717) is 12.0 Å². The number of aldehydes is 1. The third kappa shape index (κ3) is 5.74. The van der Waals surface area contributed by atoms with E-state index in [0.717, 1.165) is 16.4 Å². The van der Waals surface area contributed by atoms with Gasteiger partial charge in [0.05, 0.1) is 16.0 Å². The van der Waals surface area contributed by atoms with Gasteiger partial charge in [-0.1, -0.05) is 0 Å². The average Bonchev–Trinajstić information content (AvgIpc) is 2.82. The van der Waals surface area contributed by atoms with E-state index in [1.165, 1.54) is 29.7 Å². The fourth-order valence-corrected chi connectivity index (χ4v) is 5.43. The summed E-state index contributed by atoms with van der Waals surface area (Å²) in [6, 6.07) is 6.81. The SMILES string of the molecule is CN(C)c1cc(C=O)c(C(=O)NO)c(S(=O)(=O)N2CCC(Oc3ccc(C(F)(F)F)cc3)CC2)c1. The maximum absolute atomic E-state index is 13.5. The lowest BCUT2D eigenvalue weighted by atomic mass is 10.1. The Hall–Kier alpha value is -3.16. The summed E-state index contributed by atoms with van der Waals surface area (Å²) in [4.78, 5) is 25.0. The fraction of sp³-hybridized carbons (Fsp3) is 0.364. The van der Waals surface area contributed by atoms with Crippen LogP contribution in [0.3, 0.4) is 0 Å². The lowest BCUT2D eigenvalue weighted by Crippen LogP contribution is -2.42. The van der Waals surface area contributed by atoms with Crippen LogP contribution in [0, 0.1) is 0 Å². The third-order valence-corrected chi connectivity index (χ3v) is 7.52. The number of amides is 1. The van der Waals surface area contributed by atoms with Gasteiger partial charge in [0.25, 0.3) is 5.91 Å². The van der Waals surface area contributed by atoms with Crippen molar-refractivity contribution in [2.45, 2.75) is 30.0 Å². The summed E-state index contributed by atoms with van der Waals surface area (Å²) < 4.78 is 71.9. The van der Waals surface area contributed by atoms with E-state index in [-0.39, 0.29) is 37.2 Å². The maximum Gasteiger partial charge on any atom is 0.416 e. The van der Waals surface area contributed by atoms with Crippen LogP contribution in [0.1, 0.15) is 39.1 Å². The first-order valence-electron chi connectivity index (χ1n) is 10.5. The average molecular weight is 516 g/mol. The van der Waals surface area contributed by atoms with Gasteiger partial charge in [0.2, 0.25) is 10.0 Å². The van der Waals surface area contributed by atoms with Crippen LogP contribution < -0.4 is 15.1 Å². The predicted octanol–water partition coefficient (Wildman–Crippen LogP) is 2.94. The van der Waals surface area contributed by atoms with Crippen molar-refractivity contribution < 1.29 is 41.1 Å². The van der Waals surface area contributed by atoms with Crippen LogP contribution in [0.15, 0.2) is 41.3 Å². The van der Waals surface area contributed by atoms with Gasteiger partial charge < -0.3 is 9.64 Å². The van der Waals surface area contributed by atoms with Gasteiger partial charge in [-0.05, 0) is 49.2 Å². The Bertz CT molecular complexity index is 1190. The summed E-state index contributed by atoms with van der Waals surface area (Å²) in [6.45, 7) is 0.0207. The number of nitrogens with zero attached hydrogens (tertiary/aromatic N) is 2. The molecule has 0 bridgehead atoms. The smallest absolute Gasteiger partial charge is 0.416 e. The van der Waals surface area contributed by atoms with Gasteiger partial charge in [0.15, 0.2) is 6.29 Å². The molecule has 0 spiro atoms. The molecule has 35 heavy (non-hydrogen) atoms. The quantitative estimate of drug-likeness (QED) is 0.331. The Morgan fingerprint density at radius 2 is 1.77 bits per heavy atom. The van der Waals surface area contributed by atoms with Crippen molar-refractivity contribution in [3.05, 3.63) is 53.1 Å². The number of halogens is 3.